The lowest BCUT2D eigenvalue weighted by Gasteiger charge is -2.20. The normalized spacial score (nSPS) is 12.8. The Labute approximate surface area is 145 Å². The first kappa shape index (κ1) is 19.7. The van der Waals surface area contributed by atoms with Crippen molar-refractivity contribution in [3.8, 4) is 0 Å². The van der Waals surface area contributed by atoms with Crippen LogP contribution in [-0.4, -0.2) is 39.5 Å². The van der Waals surface area contributed by atoms with Gasteiger partial charge in [-0.25, -0.2) is 4.79 Å². The van der Waals surface area contributed by atoms with Crippen molar-refractivity contribution in [1.29, 1.82) is 0 Å². The lowest BCUT2D eigenvalue weighted by molar-refractivity contribution is -0.119. The number of nitrogens with zero attached hydrogens (tertiary/aromatic N) is 2. The standard InChI is InChI=1S/C14H25N5O2S2/c1-8(2)7-15-12-18-19-13(23-12)22-9(3)10(20)16-11(21)17-14(4,5)6/h8-9H,7H2,1-6H3,(H,15,18)(H2,16,17,20,21)/t9-/m1/s1. The van der Waals surface area contributed by atoms with Crippen molar-refractivity contribution in [3.63, 3.8) is 0 Å². The average molecular weight is 360 g/mol. The van der Waals surface area contributed by atoms with Crippen molar-refractivity contribution in [3.05, 3.63) is 0 Å². The van der Waals surface area contributed by atoms with Crippen molar-refractivity contribution in [2.45, 2.75) is 56.7 Å². The summed E-state index contributed by atoms with van der Waals surface area (Å²) in [6.45, 7) is 12.3. The minimum atomic E-state index is -0.494. The molecule has 0 unspecified atom stereocenters. The molecule has 0 spiro atoms. The van der Waals surface area contributed by atoms with Crippen LogP contribution in [-0.2, 0) is 4.79 Å². The molecule has 0 aliphatic rings. The number of rotatable bonds is 6. The summed E-state index contributed by atoms with van der Waals surface area (Å²) in [6, 6.07) is -0.494. The van der Waals surface area contributed by atoms with E-state index in [1.54, 1.807) is 6.92 Å². The Hall–Kier alpha value is -1.35. The van der Waals surface area contributed by atoms with Crippen LogP contribution in [0.4, 0.5) is 9.93 Å². The highest BCUT2D eigenvalue weighted by atomic mass is 32.2. The van der Waals surface area contributed by atoms with Crippen LogP contribution in [0.3, 0.4) is 0 Å². The highest BCUT2D eigenvalue weighted by molar-refractivity contribution is 8.02. The molecule has 0 radical (unpaired) electrons. The maximum atomic E-state index is 12.0. The Balaban J connectivity index is 2.47. The van der Waals surface area contributed by atoms with Crippen LogP contribution < -0.4 is 16.0 Å². The number of carbonyl (C=O) groups is 2. The zero-order valence-electron chi connectivity index (χ0n) is 14.4. The summed E-state index contributed by atoms with van der Waals surface area (Å²) >= 11 is 2.68. The van der Waals surface area contributed by atoms with E-state index in [1.165, 1.54) is 23.1 Å². The van der Waals surface area contributed by atoms with E-state index in [4.69, 9.17) is 0 Å². The molecule has 130 valence electrons. The van der Waals surface area contributed by atoms with E-state index in [-0.39, 0.29) is 5.91 Å². The third-order valence-corrected chi connectivity index (χ3v) is 4.51. The number of nitrogens with one attached hydrogen (secondary N) is 3. The Kier molecular flexibility index (Phi) is 7.27. The molecule has 3 N–H and O–H groups in total. The number of hydrogen-bond donors (Lipinski definition) is 3. The SMILES string of the molecule is CC(C)CNc1nnc(S[C@H](C)C(=O)NC(=O)NC(C)(C)C)s1. The van der Waals surface area contributed by atoms with E-state index < -0.39 is 16.8 Å². The van der Waals surface area contributed by atoms with Gasteiger partial charge in [-0.3, -0.25) is 10.1 Å². The summed E-state index contributed by atoms with van der Waals surface area (Å²) < 4.78 is 0.690. The van der Waals surface area contributed by atoms with Crippen LogP contribution in [0.5, 0.6) is 0 Å². The molecule has 0 aromatic carbocycles. The first-order valence-corrected chi connectivity index (χ1v) is 9.13. The fourth-order valence-electron chi connectivity index (χ4n) is 1.41. The van der Waals surface area contributed by atoms with Gasteiger partial charge in [0.1, 0.15) is 0 Å². The van der Waals surface area contributed by atoms with E-state index in [0.29, 0.717) is 10.3 Å². The van der Waals surface area contributed by atoms with Gasteiger partial charge >= 0.3 is 6.03 Å². The summed E-state index contributed by atoms with van der Waals surface area (Å²) in [5, 5.41) is 16.6. The molecule has 0 saturated carbocycles. The fraction of sp³-hybridized carbons (Fsp3) is 0.714. The Morgan fingerprint density at radius 3 is 2.43 bits per heavy atom. The molecule has 0 aliphatic heterocycles. The Bertz CT molecular complexity index is 540. The van der Waals surface area contributed by atoms with Crippen molar-refractivity contribution < 1.29 is 9.59 Å². The molecule has 0 fully saturated rings. The van der Waals surface area contributed by atoms with Crippen LogP contribution in [0.1, 0.15) is 41.5 Å². The van der Waals surface area contributed by atoms with Crippen LogP contribution in [0, 0.1) is 5.92 Å². The number of amides is 3. The molecule has 1 atom stereocenters. The van der Waals surface area contributed by atoms with Gasteiger partial charge in [0.15, 0.2) is 4.34 Å². The van der Waals surface area contributed by atoms with Gasteiger partial charge in [-0.05, 0) is 33.6 Å². The second-order valence-corrected chi connectivity index (χ2v) is 9.17. The third-order valence-electron chi connectivity index (χ3n) is 2.44. The highest BCUT2D eigenvalue weighted by Gasteiger charge is 2.21. The molecular formula is C14H25N5O2S2. The molecule has 3 amide bonds. The maximum absolute atomic E-state index is 12.0. The molecule has 23 heavy (non-hydrogen) atoms. The second-order valence-electron chi connectivity index (χ2n) is 6.60. The van der Waals surface area contributed by atoms with E-state index in [1.807, 2.05) is 20.8 Å². The predicted molar refractivity (Wildman–Crippen MR) is 95.0 cm³/mol. The van der Waals surface area contributed by atoms with Crippen LogP contribution >= 0.6 is 23.1 Å². The number of thioether (sulfide) groups is 1. The summed E-state index contributed by atoms with van der Waals surface area (Å²) in [5.41, 5.74) is -0.392. The van der Waals surface area contributed by atoms with E-state index >= 15 is 0 Å². The lowest BCUT2D eigenvalue weighted by Crippen LogP contribution is -2.49. The lowest BCUT2D eigenvalue weighted by atomic mass is 10.1. The van der Waals surface area contributed by atoms with Crippen molar-refractivity contribution in [2.24, 2.45) is 5.92 Å². The monoisotopic (exact) mass is 359 g/mol. The van der Waals surface area contributed by atoms with Crippen LogP contribution in [0.15, 0.2) is 4.34 Å². The molecular weight excluding hydrogens is 334 g/mol. The number of imide groups is 1. The zero-order valence-corrected chi connectivity index (χ0v) is 16.0. The van der Waals surface area contributed by atoms with Gasteiger partial charge in [0, 0.05) is 12.1 Å². The van der Waals surface area contributed by atoms with Gasteiger partial charge < -0.3 is 10.6 Å². The molecule has 1 rings (SSSR count). The summed E-state index contributed by atoms with van der Waals surface area (Å²) in [5.74, 6) is 0.157. The number of anilines is 1. The summed E-state index contributed by atoms with van der Waals surface area (Å²) in [7, 11) is 0. The predicted octanol–water partition coefficient (Wildman–Crippen LogP) is 2.71. The largest absolute Gasteiger partial charge is 0.360 e. The Morgan fingerprint density at radius 2 is 1.87 bits per heavy atom. The number of carbonyl (C=O) groups excluding carboxylic acids is 2. The molecule has 1 aromatic rings. The van der Waals surface area contributed by atoms with E-state index in [0.717, 1.165) is 11.7 Å². The molecule has 1 heterocycles. The van der Waals surface area contributed by atoms with Gasteiger partial charge in [-0.15, -0.1) is 10.2 Å². The van der Waals surface area contributed by atoms with Crippen molar-refractivity contribution in [1.82, 2.24) is 20.8 Å². The minimum absolute atomic E-state index is 0.358. The fourth-order valence-corrected chi connectivity index (χ4v) is 3.31. The quantitative estimate of drug-likeness (QED) is 0.676. The summed E-state index contributed by atoms with van der Waals surface area (Å²) in [4.78, 5) is 23.7. The smallest absolute Gasteiger partial charge is 0.321 e. The van der Waals surface area contributed by atoms with Gasteiger partial charge in [0.25, 0.3) is 0 Å². The van der Waals surface area contributed by atoms with Gasteiger partial charge in [-0.2, -0.15) is 0 Å². The molecule has 0 saturated heterocycles. The molecule has 0 bridgehead atoms. The van der Waals surface area contributed by atoms with E-state index in [2.05, 4.69) is 40.0 Å². The number of hydrogen-bond acceptors (Lipinski definition) is 7. The van der Waals surface area contributed by atoms with Gasteiger partial charge in [-0.1, -0.05) is 36.9 Å². The zero-order chi connectivity index (χ0) is 17.6. The minimum Gasteiger partial charge on any atom is -0.360 e. The average Bonchev–Trinajstić information content (AvgIpc) is 2.81. The Morgan fingerprint density at radius 1 is 1.22 bits per heavy atom. The second kappa shape index (κ2) is 8.49. The first-order valence-electron chi connectivity index (χ1n) is 7.44. The third kappa shape index (κ3) is 8.17. The van der Waals surface area contributed by atoms with Gasteiger partial charge in [0.05, 0.1) is 5.25 Å². The number of urea groups is 1. The van der Waals surface area contributed by atoms with Crippen LogP contribution in [0.2, 0.25) is 0 Å². The van der Waals surface area contributed by atoms with Crippen molar-refractivity contribution >= 4 is 40.2 Å². The molecule has 0 aliphatic carbocycles. The van der Waals surface area contributed by atoms with Crippen molar-refractivity contribution in [2.75, 3.05) is 11.9 Å². The molecule has 7 nitrogen and oxygen atoms in total. The summed E-state index contributed by atoms with van der Waals surface area (Å²) in [6.07, 6.45) is 0. The van der Waals surface area contributed by atoms with Crippen LogP contribution in [0.25, 0.3) is 0 Å². The van der Waals surface area contributed by atoms with E-state index in [9.17, 15) is 9.59 Å². The number of aromatic nitrogens is 2. The van der Waals surface area contributed by atoms with Gasteiger partial charge in [0.2, 0.25) is 11.0 Å². The molecule has 1 aromatic heterocycles. The first-order chi connectivity index (χ1) is 10.6. The highest BCUT2D eigenvalue weighted by Crippen LogP contribution is 2.28. The maximum Gasteiger partial charge on any atom is 0.321 e. The molecule has 9 heteroatoms. The topological polar surface area (TPSA) is 96.0 Å².